The summed E-state index contributed by atoms with van der Waals surface area (Å²) >= 11 is 0. The van der Waals surface area contributed by atoms with Crippen LogP contribution < -0.4 is 0 Å². The van der Waals surface area contributed by atoms with Gasteiger partial charge < -0.3 is 0 Å². The minimum absolute atomic E-state index is 0.0792. The summed E-state index contributed by atoms with van der Waals surface area (Å²) in [5.74, 6) is 0.0784. The summed E-state index contributed by atoms with van der Waals surface area (Å²) in [5, 5.41) is 0. The highest BCUT2D eigenvalue weighted by atomic mass is 32.2. The van der Waals surface area contributed by atoms with Crippen LogP contribution in [0.25, 0.3) is 0 Å². The molecule has 0 N–H and O–H groups in total. The quantitative estimate of drug-likeness (QED) is 0.788. The molecule has 5 heteroatoms. The van der Waals surface area contributed by atoms with E-state index >= 15 is 0 Å². The first kappa shape index (κ1) is 15.3. The maximum Gasteiger partial charge on any atom is 0.218 e. The first-order chi connectivity index (χ1) is 11.0. The van der Waals surface area contributed by atoms with Crippen LogP contribution in [0.1, 0.15) is 44.1 Å². The molecule has 0 aromatic heterocycles. The molecule has 2 unspecified atom stereocenters. The normalized spacial score (nSPS) is 28.1. The largest absolute Gasteiger partial charge is 0.218 e. The minimum atomic E-state index is -3.46. The van der Waals surface area contributed by atoms with E-state index in [1.54, 1.807) is 22.5 Å². The Hall–Kier alpha value is -1.20. The van der Waals surface area contributed by atoms with E-state index in [1.165, 1.54) is 24.5 Å². The van der Waals surface area contributed by atoms with Crippen molar-refractivity contribution in [1.29, 1.82) is 0 Å². The Balaban J connectivity index is 1.55. The van der Waals surface area contributed by atoms with Crippen LogP contribution in [-0.2, 0) is 15.8 Å². The summed E-state index contributed by atoms with van der Waals surface area (Å²) < 4.78 is 41.2. The number of benzene rings is 1. The Labute approximate surface area is 137 Å². The van der Waals surface area contributed by atoms with Gasteiger partial charge in [0.25, 0.3) is 0 Å². The second-order valence-corrected chi connectivity index (χ2v) is 9.01. The van der Waals surface area contributed by atoms with Gasteiger partial charge in [-0.1, -0.05) is 29.8 Å². The third-order valence-corrected chi connectivity index (χ3v) is 7.17. The van der Waals surface area contributed by atoms with Crippen molar-refractivity contribution in [2.24, 2.45) is 5.92 Å². The van der Waals surface area contributed by atoms with Crippen LogP contribution in [0.5, 0.6) is 0 Å². The monoisotopic (exact) mass is 335 g/mol. The van der Waals surface area contributed by atoms with E-state index in [4.69, 9.17) is 0 Å². The van der Waals surface area contributed by atoms with Crippen molar-refractivity contribution in [1.82, 2.24) is 4.31 Å². The van der Waals surface area contributed by atoms with Crippen LogP contribution in [0.15, 0.2) is 35.9 Å². The van der Waals surface area contributed by atoms with E-state index in [0.29, 0.717) is 0 Å². The van der Waals surface area contributed by atoms with Crippen LogP contribution in [-0.4, -0.2) is 24.8 Å². The molecular weight excluding hydrogens is 313 g/mol. The fraction of sp³-hybridized carbons (Fsp3) is 0.556. The van der Waals surface area contributed by atoms with Gasteiger partial charge in [-0.3, -0.25) is 0 Å². The van der Waals surface area contributed by atoms with E-state index in [9.17, 15) is 12.8 Å². The molecule has 23 heavy (non-hydrogen) atoms. The molecule has 4 rings (SSSR count). The number of nitrogens with zero attached hydrogens (tertiary/aromatic N) is 1. The first-order valence-electron chi connectivity index (χ1n) is 8.47. The zero-order valence-corrected chi connectivity index (χ0v) is 13.9. The van der Waals surface area contributed by atoms with Crippen LogP contribution in [0.4, 0.5) is 4.39 Å². The van der Waals surface area contributed by atoms with Gasteiger partial charge in [0.1, 0.15) is 5.82 Å². The van der Waals surface area contributed by atoms with Crippen molar-refractivity contribution in [2.45, 2.75) is 56.4 Å². The van der Waals surface area contributed by atoms with Crippen molar-refractivity contribution in [3.05, 3.63) is 47.3 Å². The van der Waals surface area contributed by atoms with Gasteiger partial charge in [0.2, 0.25) is 10.0 Å². The summed E-state index contributed by atoms with van der Waals surface area (Å²) in [4.78, 5) is 0. The number of halogens is 1. The van der Waals surface area contributed by atoms with Crippen molar-refractivity contribution >= 4 is 10.0 Å². The fourth-order valence-corrected chi connectivity index (χ4v) is 6.13. The number of hydrogen-bond donors (Lipinski definition) is 0. The molecule has 2 heterocycles. The molecule has 3 nitrogen and oxygen atoms in total. The number of sulfonamides is 1. The van der Waals surface area contributed by atoms with Crippen molar-refractivity contribution in [3.63, 3.8) is 0 Å². The van der Waals surface area contributed by atoms with E-state index in [1.807, 2.05) is 0 Å². The summed E-state index contributed by atoms with van der Waals surface area (Å²) in [6.07, 6.45) is 8.55. The lowest BCUT2D eigenvalue weighted by molar-refractivity contribution is 0.284. The molecule has 124 valence electrons. The summed E-state index contributed by atoms with van der Waals surface area (Å²) in [6, 6.07) is 6.33. The molecule has 0 spiro atoms. The number of hydrogen-bond acceptors (Lipinski definition) is 2. The van der Waals surface area contributed by atoms with Gasteiger partial charge in [-0.25, -0.2) is 12.8 Å². The zero-order chi connectivity index (χ0) is 16.0. The van der Waals surface area contributed by atoms with Gasteiger partial charge >= 0.3 is 0 Å². The van der Waals surface area contributed by atoms with Crippen LogP contribution in [0, 0.1) is 11.7 Å². The van der Waals surface area contributed by atoms with Gasteiger partial charge in [0.05, 0.1) is 5.75 Å². The van der Waals surface area contributed by atoms with E-state index in [-0.39, 0.29) is 23.4 Å². The number of rotatable bonds is 4. The van der Waals surface area contributed by atoms with Gasteiger partial charge in [0, 0.05) is 17.6 Å². The smallest absolute Gasteiger partial charge is 0.212 e. The third kappa shape index (κ3) is 3.09. The maximum atomic E-state index is 13.8. The molecule has 3 aliphatic rings. The Kier molecular flexibility index (Phi) is 3.81. The SMILES string of the molecule is O=S(=O)(Cc1ccccc1F)N1C2CCC1CC(=CC1CC1)C2. The summed E-state index contributed by atoms with van der Waals surface area (Å²) in [5.41, 5.74) is 1.71. The molecule has 0 amide bonds. The first-order valence-corrected chi connectivity index (χ1v) is 10.1. The van der Waals surface area contributed by atoms with Crippen LogP contribution in [0.3, 0.4) is 0 Å². The molecule has 1 aromatic carbocycles. The molecule has 2 saturated heterocycles. The van der Waals surface area contributed by atoms with E-state index in [0.717, 1.165) is 31.6 Å². The van der Waals surface area contributed by atoms with Gasteiger partial charge in [-0.15, -0.1) is 0 Å². The zero-order valence-electron chi connectivity index (χ0n) is 13.1. The molecule has 1 aromatic rings. The summed E-state index contributed by atoms with van der Waals surface area (Å²) in [6.45, 7) is 0. The van der Waals surface area contributed by atoms with Crippen molar-refractivity contribution in [3.8, 4) is 0 Å². The Morgan fingerprint density at radius 3 is 2.35 bits per heavy atom. The molecule has 1 saturated carbocycles. The molecule has 0 radical (unpaired) electrons. The highest BCUT2D eigenvalue weighted by molar-refractivity contribution is 7.88. The second-order valence-electron chi connectivity index (χ2n) is 7.13. The minimum Gasteiger partial charge on any atom is -0.212 e. The summed E-state index contributed by atoms with van der Waals surface area (Å²) in [7, 11) is -3.46. The third-order valence-electron chi connectivity index (χ3n) is 5.26. The standard InChI is InChI=1S/C18H22FNO2S/c19-18-4-2-1-3-15(18)12-23(21,22)20-16-7-8-17(20)11-14(10-16)9-13-5-6-13/h1-4,9,13,16-17H,5-8,10-12H2. The highest BCUT2D eigenvalue weighted by Crippen LogP contribution is 2.43. The van der Waals surface area contributed by atoms with E-state index in [2.05, 4.69) is 6.08 Å². The lowest BCUT2D eigenvalue weighted by atomic mass is 9.98. The Bertz CT molecular complexity index is 723. The Morgan fingerprint density at radius 2 is 1.74 bits per heavy atom. The van der Waals surface area contributed by atoms with Gasteiger partial charge in [-0.2, -0.15) is 4.31 Å². The second kappa shape index (κ2) is 5.71. The fourth-order valence-electron chi connectivity index (χ4n) is 4.08. The molecule has 2 atom stereocenters. The molecule has 2 bridgehead atoms. The van der Waals surface area contributed by atoms with Gasteiger partial charge in [-0.05, 0) is 50.5 Å². The topological polar surface area (TPSA) is 37.4 Å². The van der Waals surface area contributed by atoms with Crippen molar-refractivity contribution < 1.29 is 12.8 Å². The molecule has 2 aliphatic heterocycles. The highest BCUT2D eigenvalue weighted by Gasteiger charge is 2.45. The van der Waals surface area contributed by atoms with Crippen molar-refractivity contribution in [2.75, 3.05) is 0 Å². The van der Waals surface area contributed by atoms with Crippen LogP contribution in [0.2, 0.25) is 0 Å². The van der Waals surface area contributed by atoms with Crippen LogP contribution >= 0.6 is 0 Å². The number of piperidine rings is 1. The van der Waals surface area contributed by atoms with Gasteiger partial charge in [0.15, 0.2) is 0 Å². The Morgan fingerprint density at radius 1 is 1.09 bits per heavy atom. The lowest BCUT2D eigenvalue weighted by Gasteiger charge is -2.35. The predicted octanol–water partition coefficient (Wildman–Crippen LogP) is 3.62. The van der Waals surface area contributed by atoms with E-state index < -0.39 is 15.8 Å². The number of fused-ring (bicyclic) bond motifs is 2. The lowest BCUT2D eigenvalue weighted by Crippen LogP contribution is -2.45. The average Bonchev–Trinajstić information content (AvgIpc) is 3.25. The predicted molar refractivity (Wildman–Crippen MR) is 87.7 cm³/mol. The maximum absolute atomic E-state index is 13.8. The number of allylic oxidation sites excluding steroid dienone is 1. The molecule has 3 fully saturated rings. The average molecular weight is 335 g/mol. The molecular formula is C18H22FNO2S. The molecule has 1 aliphatic carbocycles.